The van der Waals surface area contributed by atoms with Gasteiger partial charge in [-0.05, 0) is 30.3 Å². The summed E-state index contributed by atoms with van der Waals surface area (Å²) in [5.74, 6) is 0.554. The topological polar surface area (TPSA) is 97.9 Å². The highest BCUT2D eigenvalue weighted by Gasteiger charge is 2.10. The monoisotopic (exact) mass is 349 g/mol. The van der Waals surface area contributed by atoms with Gasteiger partial charge in [-0.15, -0.1) is 0 Å². The van der Waals surface area contributed by atoms with Gasteiger partial charge >= 0.3 is 0 Å². The first-order chi connectivity index (χ1) is 12.6. The minimum Gasteiger partial charge on any atom is -0.506 e. The number of nitro benzene ring substituents is 1. The minimum absolute atomic E-state index is 0.101. The Morgan fingerprint density at radius 2 is 1.96 bits per heavy atom. The number of methoxy groups -OCH3 is 1. The Labute approximate surface area is 149 Å². The standard InChI is InChI=1S/C19H15N3O4/c1-26-19-8-3-2-6-15(19)16-7-4-5-13(21-16)12-20-17-11-14(22(24)25)9-10-18(17)23/h2-12,23H,1H3. The van der Waals surface area contributed by atoms with Gasteiger partial charge in [-0.2, -0.15) is 0 Å². The van der Waals surface area contributed by atoms with E-state index in [2.05, 4.69) is 9.98 Å². The average molecular weight is 349 g/mol. The van der Waals surface area contributed by atoms with E-state index in [1.807, 2.05) is 36.4 Å². The van der Waals surface area contributed by atoms with Crippen LogP contribution in [0, 0.1) is 10.1 Å². The molecule has 1 heterocycles. The SMILES string of the molecule is COc1ccccc1-c1cccc(C=Nc2cc([N+](=O)[O-])ccc2O)n1. The van der Waals surface area contributed by atoms with Crippen molar-refractivity contribution in [1.29, 1.82) is 0 Å². The summed E-state index contributed by atoms with van der Waals surface area (Å²) in [6.07, 6.45) is 1.44. The Morgan fingerprint density at radius 1 is 1.15 bits per heavy atom. The Morgan fingerprint density at radius 3 is 2.73 bits per heavy atom. The lowest BCUT2D eigenvalue weighted by Crippen LogP contribution is -1.93. The highest BCUT2D eigenvalue weighted by atomic mass is 16.6. The third-order valence-corrected chi connectivity index (χ3v) is 3.66. The molecule has 2 aromatic carbocycles. The molecule has 3 rings (SSSR count). The lowest BCUT2D eigenvalue weighted by atomic mass is 10.1. The van der Waals surface area contributed by atoms with Crippen LogP contribution in [0.5, 0.6) is 11.5 Å². The molecule has 0 spiro atoms. The lowest BCUT2D eigenvalue weighted by Gasteiger charge is -2.07. The molecular weight excluding hydrogens is 334 g/mol. The van der Waals surface area contributed by atoms with Gasteiger partial charge in [0.2, 0.25) is 0 Å². The Kier molecular flexibility index (Phi) is 4.89. The van der Waals surface area contributed by atoms with Crippen LogP contribution in [0.4, 0.5) is 11.4 Å². The van der Waals surface area contributed by atoms with E-state index in [1.165, 1.54) is 24.4 Å². The average Bonchev–Trinajstić information content (AvgIpc) is 2.67. The number of pyridine rings is 1. The number of rotatable bonds is 5. The second-order valence-electron chi connectivity index (χ2n) is 5.34. The third kappa shape index (κ3) is 3.67. The van der Waals surface area contributed by atoms with Crippen molar-refractivity contribution in [2.75, 3.05) is 7.11 Å². The summed E-state index contributed by atoms with van der Waals surface area (Å²) in [5, 5.41) is 20.7. The number of phenolic OH excluding ortho intramolecular Hbond substituents is 1. The molecule has 0 unspecified atom stereocenters. The number of aromatic hydroxyl groups is 1. The predicted octanol–water partition coefficient (Wildman–Crippen LogP) is 4.12. The van der Waals surface area contributed by atoms with Gasteiger partial charge in [-0.25, -0.2) is 4.98 Å². The Balaban J connectivity index is 1.93. The fourth-order valence-corrected chi connectivity index (χ4v) is 2.39. The van der Waals surface area contributed by atoms with E-state index in [1.54, 1.807) is 13.2 Å². The van der Waals surface area contributed by atoms with Gasteiger partial charge in [-0.1, -0.05) is 18.2 Å². The summed E-state index contributed by atoms with van der Waals surface area (Å²) < 4.78 is 5.35. The van der Waals surface area contributed by atoms with E-state index in [9.17, 15) is 15.2 Å². The van der Waals surface area contributed by atoms with Crippen LogP contribution in [0.1, 0.15) is 5.69 Å². The number of nitro groups is 1. The predicted molar refractivity (Wildman–Crippen MR) is 98.2 cm³/mol. The van der Waals surface area contributed by atoms with Crippen molar-refractivity contribution in [3.05, 3.63) is 76.5 Å². The van der Waals surface area contributed by atoms with Gasteiger partial charge in [-0.3, -0.25) is 15.1 Å². The van der Waals surface area contributed by atoms with Crippen molar-refractivity contribution >= 4 is 17.6 Å². The van der Waals surface area contributed by atoms with Crippen molar-refractivity contribution in [1.82, 2.24) is 4.98 Å². The number of para-hydroxylation sites is 1. The number of hydrogen-bond donors (Lipinski definition) is 1. The van der Waals surface area contributed by atoms with Crippen LogP contribution in [0.25, 0.3) is 11.3 Å². The highest BCUT2D eigenvalue weighted by Crippen LogP contribution is 2.31. The number of nitrogens with zero attached hydrogens (tertiary/aromatic N) is 3. The highest BCUT2D eigenvalue weighted by molar-refractivity contribution is 5.82. The number of aromatic nitrogens is 1. The number of phenols is 1. The lowest BCUT2D eigenvalue weighted by molar-refractivity contribution is -0.384. The van der Waals surface area contributed by atoms with Gasteiger partial charge in [0.15, 0.2) is 0 Å². The Hall–Kier alpha value is -3.74. The maximum Gasteiger partial charge on any atom is 0.271 e. The molecule has 0 saturated heterocycles. The molecule has 0 aliphatic carbocycles. The summed E-state index contributed by atoms with van der Waals surface area (Å²) in [6, 6.07) is 16.6. The molecular formula is C19H15N3O4. The van der Waals surface area contributed by atoms with Crippen LogP contribution < -0.4 is 4.74 Å². The maximum atomic E-state index is 10.8. The summed E-state index contributed by atoms with van der Waals surface area (Å²) in [4.78, 5) is 18.9. The van der Waals surface area contributed by atoms with Crippen LogP contribution >= 0.6 is 0 Å². The van der Waals surface area contributed by atoms with E-state index in [4.69, 9.17) is 4.74 Å². The molecule has 0 aliphatic rings. The zero-order valence-electron chi connectivity index (χ0n) is 13.9. The second kappa shape index (κ2) is 7.43. The normalized spacial score (nSPS) is 10.8. The summed E-state index contributed by atoms with van der Waals surface area (Å²) in [5.41, 5.74) is 2.03. The first-order valence-corrected chi connectivity index (χ1v) is 7.70. The summed E-state index contributed by atoms with van der Waals surface area (Å²) >= 11 is 0. The largest absolute Gasteiger partial charge is 0.506 e. The van der Waals surface area contributed by atoms with Crippen molar-refractivity contribution in [3.63, 3.8) is 0 Å². The van der Waals surface area contributed by atoms with Crippen LogP contribution in [0.2, 0.25) is 0 Å². The molecule has 1 N–H and O–H groups in total. The minimum atomic E-state index is -0.543. The van der Waals surface area contributed by atoms with Gasteiger partial charge < -0.3 is 9.84 Å². The van der Waals surface area contributed by atoms with Crippen LogP contribution in [0.3, 0.4) is 0 Å². The second-order valence-corrected chi connectivity index (χ2v) is 5.34. The molecule has 3 aromatic rings. The number of hydrogen-bond acceptors (Lipinski definition) is 6. The fraction of sp³-hybridized carbons (Fsp3) is 0.0526. The van der Waals surface area contributed by atoms with E-state index in [0.29, 0.717) is 17.1 Å². The third-order valence-electron chi connectivity index (χ3n) is 3.66. The quantitative estimate of drug-likeness (QED) is 0.424. The number of aliphatic imine (C=N–C) groups is 1. The van der Waals surface area contributed by atoms with Gasteiger partial charge in [0.1, 0.15) is 17.2 Å². The van der Waals surface area contributed by atoms with E-state index in [-0.39, 0.29) is 17.1 Å². The molecule has 0 aliphatic heterocycles. The van der Waals surface area contributed by atoms with Crippen molar-refractivity contribution in [3.8, 4) is 22.8 Å². The van der Waals surface area contributed by atoms with Crippen LogP contribution in [-0.2, 0) is 0 Å². The summed E-state index contributed by atoms with van der Waals surface area (Å²) in [7, 11) is 1.59. The van der Waals surface area contributed by atoms with Gasteiger partial charge in [0.05, 0.1) is 29.6 Å². The van der Waals surface area contributed by atoms with E-state index in [0.717, 1.165) is 5.56 Å². The molecule has 7 nitrogen and oxygen atoms in total. The molecule has 130 valence electrons. The fourth-order valence-electron chi connectivity index (χ4n) is 2.39. The van der Waals surface area contributed by atoms with Crippen molar-refractivity contribution in [2.45, 2.75) is 0 Å². The summed E-state index contributed by atoms with van der Waals surface area (Å²) in [6.45, 7) is 0. The number of non-ortho nitro benzene ring substituents is 1. The molecule has 7 heteroatoms. The first-order valence-electron chi connectivity index (χ1n) is 7.70. The smallest absolute Gasteiger partial charge is 0.271 e. The zero-order chi connectivity index (χ0) is 18.5. The van der Waals surface area contributed by atoms with Gasteiger partial charge in [0, 0.05) is 17.7 Å². The molecule has 0 fully saturated rings. The zero-order valence-corrected chi connectivity index (χ0v) is 13.9. The molecule has 0 atom stereocenters. The molecule has 0 radical (unpaired) electrons. The van der Waals surface area contributed by atoms with E-state index >= 15 is 0 Å². The van der Waals surface area contributed by atoms with Crippen LogP contribution in [0.15, 0.2) is 65.7 Å². The van der Waals surface area contributed by atoms with Crippen molar-refractivity contribution in [2.24, 2.45) is 4.99 Å². The molecule has 1 aromatic heterocycles. The number of benzene rings is 2. The Bertz CT molecular complexity index is 986. The maximum absolute atomic E-state index is 10.8. The molecule has 0 bridgehead atoms. The van der Waals surface area contributed by atoms with Gasteiger partial charge in [0.25, 0.3) is 5.69 Å². The molecule has 0 amide bonds. The van der Waals surface area contributed by atoms with Crippen LogP contribution in [-0.4, -0.2) is 28.3 Å². The first kappa shape index (κ1) is 17.1. The van der Waals surface area contributed by atoms with Crippen molar-refractivity contribution < 1.29 is 14.8 Å². The van der Waals surface area contributed by atoms with E-state index < -0.39 is 4.92 Å². The number of ether oxygens (including phenoxy) is 1. The molecule has 26 heavy (non-hydrogen) atoms. The molecule has 0 saturated carbocycles.